The quantitative estimate of drug-likeness (QED) is 0.698. The molecule has 4 nitrogen and oxygen atoms in total. The molecule has 2 N–H and O–H groups in total. The number of nitrogens with zero attached hydrogens (tertiary/aromatic N) is 1. The number of amides is 2. The summed E-state index contributed by atoms with van der Waals surface area (Å²) in [6, 6.07) is 7.18. The number of hydrogen-bond acceptors (Lipinski definition) is 3. The van der Waals surface area contributed by atoms with E-state index in [-0.39, 0.29) is 11.8 Å². The molecule has 4 heteroatoms. The zero-order valence-corrected chi connectivity index (χ0v) is 8.27. The molecule has 0 spiro atoms. The zero-order valence-electron chi connectivity index (χ0n) is 8.27. The largest absolute Gasteiger partial charge is 0.329 e. The summed E-state index contributed by atoms with van der Waals surface area (Å²) in [6.07, 6.45) is 0.294. The Morgan fingerprint density at radius 1 is 1.27 bits per heavy atom. The van der Waals surface area contributed by atoms with Crippen LogP contribution in [-0.4, -0.2) is 29.8 Å². The summed E-state index contributed by atoms with van der Waals surface area (Å²) in [5, 5.41) is 0. The minimum atomic E-state index is -0.229. The summed E-state index contributed by atoms with van der Waals surface area (Å²) in [5.74, 6) is -0.392. The molecule has 1 aromatic rings. The Hall–Kier alpha value is -1.68. The highest BCUT2D eigenvalue weighted by Crippen LogP contribution is 2.18. The Bertz CT molecular complexity index is 415. The van der Waals surface area contributed by atoms with Gasteiger partial charge in [-0.25, -0.2) is 0 Å². The fourth-order valence-corrected chi connectivity index (χ4v) is 1.76. The molecule has 0 unspecified atom stereocenters. The Morgan fingerprint density at radius 2 is 2.00 bits per heavy atom. The van der Waals surface area contributed by atoms with Gasteiger partial charge in [-0.2, -0.15) is 0 Å². The number of rotatable bonds is 2. The topological polar surface area (TPSA) is 63.4 Å². The molecule has 78 valence electrons. The van der Waals surface area contributed by atoms with Gasteiger partial charge in [-0.3, -0.25) is 14.5 Å². The molecule has 2 rings (SSSR count). The first kappa shape index (κ1) is 9.86. The average Bonchev–Trinajstić information content (AvgIpc) is 2.24. The lowest BCUT2D eigenvalue weighted by Crippen LogP contribution is -2.44. The maximum absolute atomic E-state index is 11.9. The van der Waals surface area contributed by atoms with Crippen LogP contribution in [0.1, 0.15) is 15.9 Å². The summed E-state index contributed by atoms with van der Waals surface area (Å²) < 4.78 is 0. The molecule has 1 aliphatic heterocycles. The normalized spacial score (nSPS) is 15.4. The van der Waals surface area contributed by atoms with Gasteiger partial charge in [0.05, 0.1) is 6.42 Å². The number of fused-ring (bicyclic) bond motifs is 1. The third-order valence-corrected chi connectivity index (χ3v) is 2.49. The monoisotopic (exact) mass is 204 g/mol. The predicted octanol–water partition coefficient (Wildman–Crippen LogP) is 0.170. The highest BCUT2D eigenvalue weighted by atomic mass is 16.2. The van der Waals surface area contributed by atoms with Gasteiger partial charge in [0.25, 0.3) is 5.91 Å². The van der Waals surface area contributed by atoms with Crippen LogP contribution in [0.5, 0.6) is 0 Å². The van der Waals surface area contributed by atoms with Gasteiger partial charge in [0.1, 0.15) is 0 Å². The van der Waals surface area contributed by atoms with Crippen LogP contribution >= 0.6 is 0 Å². The summed E-state index contributed by atoms with van der Waals surface area (Å²) in [5.41, 5.74) is 6.78. The number of imide groups is 1. The van der Waals surface area contributed by atoms with Gasteiger partial charge in [0.15, 0.2) is 0 Å². The van der Waals surface area contributed by atoms with E-state index in [0.717, 1.165) is 5.56 Å². The number of carbonyl (C=O) groups excluding carboxylic acids is 2. The smallest absolute Gasteiger partial charge is 0.260 e. The molecule has 0 radical (unpaired) electrons. The minimum Gasteiger partial charge on any atom is -0.329 e. The first-order valence-electron chi connectivity index (χ1n) is 4.86. The van der Waals surface area contributed by atoms with E-state index in [1.54, 1.807) is 12.1 Å². The molecule has 0 saturated heterocycles. The van der Waals surface area contributed by atoms with Crippen LogP contribution in [-0.2, 0) is 11.2 Å². The van der Waals surface area contributed by atoms with Gasteiger partial charge < -0.3 is 5.73 Å². The van der Waals surface area contributed by atoms with Gasteiger partial charge in [0, 0.05) is 18.7 Å². The van der Waals surface area contributed by atoms with Crippen LogP contribution in [0.4, 0.5) is 0 Å². The molecule has 0 aromatic heterocycles. The van der Waals surface area contributed by atoms with E-state index in [0.29, 0.717) is 25.1 Å². The van der Waals surface area contributed by atoms with Crippen molar-refractivity contribution in [1.29, 1.82) is 0 Å². The number of carbonyl (C=O) groups is 2. The van der Waals surface area contributed by atoms with Crippen molar-refractivity contribution >= 4 is 11.8 Å². The molecular formula is C11H12N2O2. The van der Waals surface area contributed by atoms with Gasteiger partial charge in [-0.15, -0.1) is 0 Å². The van der Waals surface area contributed by atoms with Crippen molar-refractivity contribution < 1.29 is 9.59 Å². The molecule has 0 bridgehead atoms. The summed E-state index contributed by atoms with van der Waals surface area (Å²) >= 11 is 0. The van der Waals surface area contributed by atoms with E-state index in [1.807, 2.05) is 12.1 Å². The van der Waals surface area contributed by atoms with Gasteiger partial charge in [-0.1, -0.05) is 18.2 Å². The van der Waals surface area contributed by atoms with Crippen molar-refractivity contribution in [3.63, 3.8) is 0 Å². The van der Waals surface area contributed by atoms with E-state index in [4.69, 9.17) is 5.73 Å². The zero-order chi connectivity index (χ0) is 10.8. The highest BCUT2D eigenvalue weighted by Gasteiger charge is 2.29. The summed E-state index contributed by atoms with van der Waals surface area (Å²) in [6.45, 7) is 0.603. The SMILES string of the molecule is NCCN1C(=O)Cc2ccccc2C1=O. The molecule has 2 amide bonds. The van der Waals surface area contributed by atoms with Crippen molar-refractivity contribution in [3.05, 3.63) is 35.4 Å². The Labute approximate surface area is 87.7 Å². The lowest BCUT2D eigenvalue weighted by Gasteiger charge is -2.26. The first-order chi connectivity index (χ1) is 7.24. The molecular weight excluding hydrogens is 192 g/mol. The molecule has 0 saturated carbocycles. The second-order valence-electron chi connectivity index (χ2n) is 3.47. The van der Waals surface area contributed by atoms with Gasteiger partial charge >= 0.3 is 0 Å². The van der Waals surface area contributed by atoms with Crippen LogP contribution in [0.3, 0.4) is 0 Å². The maximum atomic E-state index is 11.9. The maximum Gasteiger partial charge on any atom is 0.260 e. The number of nitrogens with two attached hydrogens (primary N) is 1. The van der Waals surface area contributed by atoms with Crippen LogP contribution in [0.15, 0.2) is 24.3 Å². The minimum absolute atomic E-state index is 0.163. The lowest BCUT2D eigenvalue weighted by molar-refractivity contribution is -0.128. The van der Waals surface area contributed by atoms with Crippen LogP contribution in [0, 0.1) is 0 Å². The van der Waals surface area contributed by atoms with Gasteiger partial charge in [0.2, 0.25) is 5.91 Å². The van der Waals surface area contributed by atoms with Crippen molar-refractivity contribution in [1.82, 2.24) is 4.90 Å². The molecule has 1 heterocycles. The summed E-state index contributed by atoms with van der Waals surface area (Å²) in [7, 11) is 0. The second kappa shape index (κ2) is 3.82. The molecule has 0 aliphatic carbocycles. The van der Waals surface area contributed by atoms with Crippen LogP contribution in [0.25, 0.3) is 0 Å². The molecule has 0 atom stereocenters. The molecule has 0 fully saturated rings. The van der Waals surface area contributed by atoms with Crippen LogP contribution < -0.4 is 5.73 Å². The summed E-state index contributed by atoms with van der Waals surface area (Å²) in [4.78, 5) is 24.7. The molecule has 1 aromatic carbocycles. The van der Waals surface area contributed by atoms with Crippen molar-refractivity contribution in [2.75, 3.05) is 13.1 Å². The fraction of sp³-hybridized carbons (Fsp3) is 0.273. The van der Waals surface area contributed by atoms with E-state index in [9.17, 15) is 9.59 Å². The average molecular weight is 204 g/mol. The standard InChI is InChI=1S/C11H12N2O2/c12-5-6-13-10(14)7-8-3-1-2-4-9(8)11(13)15/h1-4H,5-7,12H2. The Kier molecular flexibility index (Phi) is 2.51. The second-order valence-corrected chi connectivity index (χ2v) is 3.47. The number of benzene rings is 1. The molecule has 15 heavy (non-hydrogen) atoms. The Balaban J connectivity index is 2.38. The van der Waals surface area contributed by atoms with Crippen LogP contribution in [0.2, 0.25) is 0 Å². The van der Waals surface area contributed by atoms with E-state index in [2.05, 4.69) is 0 Å². The van der Waals surface area contributed by atoms with Crippen molar-refractivity contribution in [3.8, 4) is 0 Å². The molecule has 1 aliphatic rings. The first-order valence-corrected chi connectivity index (χ1v) is 4.86. The highest BCUT2D eigenvalue weighted by molar-refractivity contribution is 6.09. The fourth-order valence-electron chi connectivity index (χ4n) is 1.76. The van der Waals surface area contributed by atoms with Gasteiger partial charge in [-0.05, 0) is 11.6 Å². The van der Waals surface area contributed by atoms with Crippen molar-refractivity contribution in [2.45, 2.75) is 6.42 Å². The lowest BCUT2D eigenvalue weighted by atomic mass is 9.99. The number of hydrogen-bond donors (Lipinski definition) is 1. The van der Waals surface area contributed by atoms with E-state index >= 15 is 0 Å². The third-order valence-electron chi connectivity index (χ3n) is 2.49. The van der Waals surface area contributed by atoms with E-state index < -0.39 is 0 Å². The van der Waals surface area contributed by atoms with Crippen molar-refractivity contribution in [2.24, 2.45) is 5.73 Å². The predicted molar refractivity (Wildman–Crippen MR) is 55.2 cm³/mol. The van der Waals surface area contributed by atoms with E-state index in [1.165, 1.54) is 4.90 Å². The third kappa shape index (κ3) is 1.64. The Morgan fingerprint density at radius 3 is 2.73 bits per heavy atom.